The van der Waals surface area contributed by atoms with E-state index in [1.807, 2.05) is 12.1 Å². The largest absolute Gasteiger partial charge is 0.545 e. The van der Waals surface area contributed by atoms with Crippen LogP contribution in [0.1, 0.15) is 15.9 Å². The van der Waals surface area contributed by atoms with Crippen LogP contribution in [0.5, 0.6) is 5.75 Å². The van der Waals surface area contributed by atoms with Crippen LogP contribution in [0, 0.1) is 10.7 Å². The van der Waals surface area contributed by atoms with Crippen LogP contribution in [-0.4, -0.2) is 5.97 Å². The minimum atomic E-state index is -1.18. The molecule has 6 heteroatoms. The molecule has 0 fully saturated rings. The molecule has 0 aromatic heterocycles. The van der Waals surface area contributed by atoms with E-state index >= 15 is 0 Å². The Bertz CT molecular complexity index is 633. The predicted octanol–water partition coefficient (Wildman–Crippen LogP) is 3.44. The van der Waals surface area contributed by atoms with Gasteiger partial charge in [-0.3, -0.25) is 0 Å². The lowest BCUT2D eigenvalue weighted by molar-refractivity contribution is -0.255. The highest BCUT2D eigenvalue weighted by molar-refractivity contribution is 14.1. The first-order valence-corrected chi connectivity index (χ1v) is 8.79. The molecular weight excluding hydrogens is 597 g/mol. The Kier molecular flexibility index (Phi) is 5.90. The SMILES string of the molecule is O=C([O-])c1ccccc1COc1c(I)cc(I)cc1I. The molecule has 0 radical (unpaired) electrons. The molecule has 2 aromatic carbocycles. The second-order valence-corrected chi connectivity index (χ2v) is 7.50. The van der Waals surface area contributed by atoms with E-state index in [-0.39, 0.29) is 12.2 Å². The molecule has 2 aromatic rings. The molecule has 0 saturated carbocycles. The summed E-state index contributed by atoms with van der Waals surface area (Å²) in [5.74, 6) is -0.407. The average molecular weight is 605 g/mol. The van der Waals surface area contributed by atoms with E-state index in [1.54, 1.807) is 18.2 Å². The van der Waals surface area contributed by atoms with Crippen LogP contribution in [-0.2, 0) is 6.61 Å². The number of carbonyl (C=O) groups is 1. The van der Waals surface area contributed by atoms with Crippen LogP contribution in [0.25, 0.3) is 0 Å². The number of aromatic carboxylic acids is 1. The summed E-state index contributed by atoms with van der Waals surface area (Å²) < 4.78 is 8.94. The summed E-state index contributed by atoms with van der Waals surface area (Å²) >= 11 is 6.68. The minimum absolute atomic E-state index is 0.169. The summed E-state index contributed by atoms with van der Waals surface area (Å²) in [5.41, 5.74) is 0.778. The van der Waals surface area contributed by atoms with E-state index < -0.39 is 5.97 Å². The van der Waals surface area contributed by atoms with E-state index in [2.05, 4.69) is 67.8 Å². The number of carbonyl (C=O) groups excluding carboxylic acids is 1. The lowest BCUT2D eigenvalue weighted by Gasteiger charge is -2.14. The van der Waals surface area contributed by atoms with Gasteiger partial charge in [0.2, 0.25) is 0 Å². The first kappa shape index (κ1) is 16.3. The van der Waals surface area contributed by atoms with Gasteiger partial charge in [-0.2, -0.15) is 0 Å². The Morgan fingerprint density at radius 3 is 2.30 bits per heavy atom. The summed E-state index contributed by atoms with van der Waals surface area (Å²) in [6, 6.07) is 10.8. The van der Waals surface area contributed by atoms with Gasteiger partial charge in [0, 0.05) is 9.13 Å². The van der Waals surface area contributed by atoms with Crippen molar-refractivity contribution in [2.75, 3.05) is 0 Å². The number of halogens is 3. The third kappa shape index (κ3) is 3.97. The van der Waals surface area contributed by atoms with Gasteiger partial charge in [0.25, 0.3) is 0 Å². The van der Waals surface area contributed by atoms with Gasteiger partial charge in [0.15, 0.2) is 0 Å². The van der Waals surface area contributed by atoms with Gasteiger partial charge in [-0.05, 0) is 85.5 Å². The zero-order valence-electron chi connectivity index (χ0n) is 10.0. The molecule has 2 rings (SSSR count). The average Bonchev–Trinajstić information content (AvgIpc) is 2.37. The van der Waals surface area contributed by atoms with Crippen LogP contribution in [0.15, 0.2) is 36.4 Å². The molecule has 0 spiro atoms. The van der Waals surface area contributed by atoms with Crippen LogP contribution in [0.2, 0.25) is 0 Å². The summed E-state index contributed by atoms with van der Waals surface area (Å²) in [4.78, 5) is 11.0. The lowest BCUT2D eigenvalue weighted by atomic mass is 10.1. The first-order valence-electron chi connectivity index (χ1n) is 5.55. The van der Waals surface area contributed by atoms with Gasteiger partial charge in [0.1, 0.15) is 12.4 Å². The maximum Gasteiger partial charge on any atom is 0.146 e. The van der Waals surface area contributed by atoms with E-state index in [4.69, 9.17) is 4.74 Å². The van der Waals surface area contributed by atoms with Crippen molar-refractivity contribution in [2.45, 2.75) is 6.61 Å². The molecule has 0 amide bonds. The zero-order valence-corrected chi connectivity index (χ0v) is 16.5. The summed E-state index contributed by atoms with van der Waals surface area (Å²) in [6.45, 7) is 0.205. The third-order valence-electron chi connectivity index (χ3n) is 2.57. The van der Waals surface area contributed by atoms with Gasteiger partial charge in [-0.15, -0.1) is 0 Å². The topological polar surface area (TPSA) is 49.4 Å². The zero-order chi connectivity index (χ0) is 14.7. The fraction of sp³-hybridized carbons (Fsp3) is 0.0714. The van der Waals surface area contributed by atoms with E-state index in [9.17, 15) is 9.90 Å². The van der Waals surface area contributed by atoms with Crippen LogP contribution >= 0.6 is 67.8 Å². The molecule has 20 heavy (non-hydrogen) atoms. The highest BCUT2D eigenvalue weighted by atomic mass is 127. The normalized spacial score (nSPS) is 10.3. The van der Waals surface area contributed by atoms with Crippen LogP contribution < -0.4 is 9.84 Å². The van der Waals surface area contributed by atoms with Crippen LogP contribution in [0.4, 0.5) is 0 Å². The summed E-state index contributed by atoms with van der Waals surface area (Å²) in [6.07, 6.45) is 0. The quantitative estimate of drug-likeness (QED) is 0.503. The van der Waals surface area contributed by atoms with Gasteiger partial charge in [-0.1, -0.05) is 24.3 Å². The molecule has 0 aliphatic heterocycles. The van der Waals surface area contributed by atoms with Crippen LogP contribution in [0.3, 0.4) is 0 Å². The maximum absolute atomic E-state index is 11.0. The Morgan fingerprint density at radius 2 is 1.70 bits per heavy atom. The first-order chi connectivity index (χ1) is 9.49. The molecule has 0 saturated heterocycles. The maximum atomic E-state index is 11.0. The van der Waals surface area contributed by atoms with Gasteiger partial charge in [-0.25, -0.2) is 0 Å². The molecule has 0 aliphatic rings. The molecule has 0 unspecified atom stereocenters. The Hall–Kier alpha value is -0.1000. The standard InChI is InChI=1S/C14H9I3O3/c15-9-5-11(16)13(12(17)6-9)20-7-8-3-1-2-4-10(8)14(18)19/h1-6H,7H2,(H,18,19)/p-1. The van der Waals surface area contributed by atoms with Crippen molar-refractivity contribution in [2.24, 2.45) is 0 Å². The Morgan fingerprint density at radius 1 is 1.10 bits per heavy atom. The monoisotopic (exact) mass is 605 g/mol. The Balaban J connectivity index is 2.24. The number of carboxylic acids is 1. The number of hydrogen-bond acceptors (Lipinski definition) is 3. The molecule has 0 atom stereocenters. The molecular formula is C14H8I3O3-. The number of rotatable bonds is 4. The molecule has 104 valence electrons. The minimum Gasteiger partial charge on any atom is -0.545 e. The van der Waals surface area contributed by atoms with Gasteiger partial charge in [0.05, 0.1) is 13.1 Å². The number of ether oxygens (including phenoxy) is 1. The van der Waals surface area contributed by atoms with Gasteiger partial charge >= 0.3 is 0 Å². The van der Waals surface area contributed by atoms with Crippen molar-refractivity contribution < 1.29 is 14.6 Å². The van der Waals surface area contributed by atoms with Crippen molar-refractivity contribution in [3.63, 3.8) is 0 Å². The summed E-state index contributed by atoms with van der Waals surface area (Å²) in [7, 11) is 0. The van der Waals surface area contributed by atoms with Crippen molar-refractivity contribution >= 4 is 73.7 Å². The van der Waals surface area contributed by atoms with E-state index in [1.165, 1.54) is 6.07 Å². The third-order valence-corrected chi connectivity index (χ3v) is 4.80. The number of carboxylic acid groups (broad SMARTS) is 1. The highest BCUT2D eigenvalue weighted by Gasteiger charge is 2.10. The number of benzene rings is 2. The predicted molar refractivity (Wildman–Crippen MR) is 99.7 cm³/mol. The highest BCUT2D eigenvalue weighted by Crippen LogP contribution is 2.30. The molecule has 0 bridgehead atoms. The molecule has 0 heterocycles. The van der Waals surface area contributed by atoms with Crippen molar-refractivity contribution in [1.82, 2.24) is 0 Å². The molecule has 3 nitrogen and oxygen atoms in total. The van der Waals surface area contributed by atoms with Crippen molar-refractivity contribution in [3.05, 3.63) is 58.2 Å². The van der Waals surface area contributed by atoms with E-state index in [0.717, 1.165) is 16.5 Å². The smallest absolute Gasteiger partial charge is 0.146 e. The molecule has 0 N–H and O–H groups in total. The second-order valence-electron chi connectivity index (χ2n) is 3.93. The Labute approximate surface area is 157 Å². The second kappa shape index (κ2) is 7.25. The molecule has 0 aliphatic carbocycles. The lowest BCUT2D eigenvalue weighted by Crippen LogP contribution is -2.24. The van der Waals surface area contributed by atoms with E-state index in [0.29, 0.717) is 5.56 Å². The number of hydrogen-bond donors (Lipinski definition) is 0. The van der Waals surface area contributed by atoms with Crippen molar-refractivity contribution in [1.29, 1.82) is 0 Å². The fourth-order valence-electron chi connectivity index (χ4n) is 1.66. The van der Waals surface area contributed by atoms with Gasteiger partial charge < -0.3 is 14.6 Å². The summed E-state index contributed by atoms with van der Waals surface area (Å²) in [5, 5.41) is 11.0. The van der Waals surface area contributed by atoms with Crippen molar-refractivity contribution in [3.8, 4) is 5.75 Å². The fourth-order valence-corrected chi connectivity index (χ4v) is 5.56.